The molecule has 0 N–H and O–H groups in total. The summed E-state index contributed by atoms with van der Waals surface area (Å²) in [6.45, 7) is 5.17. The zero-order valence-corrected chi connectivity index (χ0v) is 15.8. The lowest BCUT2D eigenvalue weighted by Gasteiger charge is -2.31. The van der Waals surface area contributed by atoms with Gasteiger partial charge in [-0.05, 0) is 25.3 Å². The topological polar surface area (TPSA) is 72.0 Å². The number of aryl methyl sites for hydroxylation is 1. The summed E-state index contributed by atoms with van der Waals surface area (Å²) < 4.78 is 11.3. The molecular weight excluding hydrogens is 346 g/mol. The SMILES string of the molecule is Cc1ccc(OC2CCN(C(=O)C3CC(=O)N(C4CCOCC4)C3)C2)nc1. The Labute approximate surface area is 159 Å². The van der Waals surface area contributed by atoms with Gasteiger partial charge in [-0.2, -0.15) is 0 Å². The molecule has 146 valence electrons. The molecule has 4 rings (SSSR count). The molecule has 0 spiro atoms. The quantitative estimate of drug-likeness (QED) is 0.798. The van der Waals surface area contributed by atoms with Gasteiger partial charge in [-0.15, -0.1) is 0 Å². The lowest BCUT2D eigenvalue weighted by molar-refractivity contribution is -0.135. The van der Waals surface area contributed by atoms with Crippen LogP contribution in [-0.2, 0) is 14.3 Å². The first-order valence-corrected chi connectivity index (χ1v) is 9.85. The van der Waals surface area contributed by atoms with Crippen molar-refractivity contribution in [3.63, 3.8) is 0 Å². The average Bonchev–Trinajstić information content (AvgIpc) is 3.30. The van der Waals surface area contributed by atoms with Gasteiger partial charge in [0.15, 0.2) is 0 Å². The fourth-order valence-electron chi connectivity index (χ4n) is 4.22. The van der Waals surface area contributed by atoms with Crippen LogP contribution in [0.2, 0.25) is 0 Å². The third kappa shape index (κ3) is 4.08. The molecule has 3 saturated heterocycles. The van der Waals surface area contributed by atoms with E-state index in [0.717, 1.165) is 24.8 Å². The molecule has 3 aliphatic heterocycles. The molecular formula is C20H27N3O4. The maximum absolute atomic E-state index is 12.9. The Morgan fingerprint density at radius 2 is 2.04 bits per heavy atom. The number of nitrogens with zero attached hydrogens (tertiary/aromatic N) is 3. The zero-order valence-electron chi connectivity index (χ0n) is 15.8. The van der Waals surface area contributed by atoms with Crippen molar-refractivity contribution in [1.82, 2.24) is 14.8 Å². The molecule has 7 heteroatoms. The van der Waals surface area contributed by atoms with Gasteiger partial charge in [0, 0.05) is 57.4 Å². The number of pyridine rings is 1. The van der Waals surface area contributed by atoms with Crippen LogP contribution in [0.4, 0.5) is 0 Å². The molecule has 2 atom stereocenters. The molecule has 2 amide bonds. The highest BCUT2D eigenvalue weighted by molar-refractivity contribution is 5.89. The minimum absolute atomic E-state index is 0.0344. The highest BCUT2D eigenvalue weighted by Crippen LogP contribution is 2.27. The number of ether oxygens (including phenoxy) is 2. The van der Waals surface area contributed by atoms with E-state index in [4.69, 9.17) is 9.47 Å². The number of likely N-dealkylation sites (tertiary alicyclic amines) is 2. The Kier molecular flexibility index (Phi) is 5.29. The summed E-state index contributed by atoms with van der Waals surface area (Å²) in [7, 11) is 0. The number of aromatic nitrogens is 1. The van der Waals surface area contributed by atoms with E-state index in [-0.39, 0.29) is 29.9 Å². The van der Waals surface area contributed by atoms with Gasteiger partial charge in [0.2, 0.25) is 17.7 Å². The molecule has 3 fully saturated rings. The van der Waals surface area contributed by atoms with Gasteiger partial charge < -0.3 is 19.3 Å². The van der Waals surface area contributed by atoms with E-state index in [9.17, 15) is 9.59 Å². The van der Waals surface area contributed by atoms with Crippen molar-refractivity contribution in [3.8, 4) is 5.88 Å². The highest BCUT2D eigenvalue weighted by Gasteiger charge is 2.41. The largest absolute Gasteiger partial charge is 0.472 e. The molecule has 0 aromatic carbocycles. The molecule has 1 aromatic heterocycles. The van der Waals surface area contributed by atoms with Crippen molar-refractivity contribution < 1.29 is 19.1 Å². The summed E-state index contributed by atoms with van der Waals surface area (Å²) in [5.74, 6) is 0.565. The van der Waals surface area contributed by atoms with Gasteiger partial charge in [0.25, 0.3) is 0 Å². The molecule has 0 bridgehead atoms. The number of hydrogen-bond acceptors (Lipinski definition) is 5. The second kappa shape index (κ2) is 7.84. The fraction of sp³-hybridized carbons (Fsp3) is 0.650. The minimum atomic E-state index is -0.225. The summed E-state index contributed by atoms with van der Waals surface area (Å²) in [6, 6.07) is 4.06. The van der Waals surface area contributed by atoms with Crippen LogP contribution in [0.25, 0.3) is 0 Å². The van der Waals surface area contributed by atoms with E-state index in [0.29, 0.717) is 45.1 Å². The first-order chi connectivity index (χ1) is 13.1. The lowest BCUT2D eigenvalue weighted by atomic mass is 10.1. The lowest BCUT2D eigenvalue weighted by Crippen LogP contribution is -2.42. The Morgan fingerprint density at radius 1 is 1.22 bits per heavy atom. The smallest absolute Gasteiger partial charge is 0.228 e. The Morgan fingerprint density at radius 3 is 2.78 bits per heavy atom. The van der Waals surface area contributed by atoms with Gasteiger partial charge in [0.1, 0.15) is 6.10 Å². The van der Waals surface area contributed by atoms with E-state index < -0.39 is 0 Å². The number of amides is 2. The van der Waals surface area contributed by atoms with Crippen LogP contribution < -0.4 is 4.74 Å². The van der Waals surface area contributed by atoms with Gasteiger partial charge in [0.05, 0.1) is 12.5 Å². The molecule has 1 aromatic rings. The number of carbonyl (C=O) groups is 2. The van der Waals surface area contributed by atoms with Crippen LogP contribution in [0, 0.1) is 12.8 Å². The summed E-state index contributed by atoms with van der Waals surface area (Å²) in [5, 5.41) is 0. The van der Waals surface area contributed by atoms with Crippen molar-refractivity contribution in [3.05, 3.63) is 23.9 Å². The van der Waals surface area contributed by atoms with Crippen LogP contribution >= 0.6 is 0 Å². The molecule has 27 heavy (non-hydrogen) atoms. The standard InChI is InChI=1S/C20H27N3O4/c1-14-2-3-18(21-11-14)27-17-4-7-22(13-17)20(25)15-10-19(24)23(12-15)16-5-8-26-9-6-16/h2-3,11,15-17H,4-10,12-13H2,1H3. The normalized spacial score (nSPS) is 26.6. The van der Waals surface area contributed by atoms with Crippen molar-refractivity contribution in [2.75, 3.05) is 32.8 Å². The van der Waals surface area contributed by atoms with Crippen LogP contribution in [0.3, 0.4) is 0 Å². The Balaban J connectivity index is 1.31. The Hall–Kier alpha value is -2.15. The number of hydrogen-bond donors (Lipinski definition) is 0. The molecule has 2 unspecified atom stereocenters. The van der Waals surface area contributed by atoms with E-state index >= 15 is 0 Å². The van der Waals surface area contributed by atoms with Gasteiger partial charge in [-0.3, -0.25) is 9.59 Å². The molecule has 4 heterocycles. The molecule has 0 aliphatic carbocycles. The fourth-order valence-corrected chi connectivity index (χ4v) is 4.22. The maximum atomic E-state index is 12.9. The molecule has 3 aliphatic rings. The molecule has 0 saturated carbocycles. The van der Waals surface area contributed by atoms with Crippen molar-refractivity contribution in [2.24, 2.45) is 5.92 Å². The van der Waals surface area contributed by atoms with Crippen molar-refractivity contribution in [2.45, 2.75) is 44.8 Å². The summed E-state index contributed by atoms with van der Waals surface area (Å²) in [4.78, 5) is 33.4. The Bertz CT molecular complexity index is 687. The minimum Gasteiger partial charge on any atom is -0.472 e. The average molecular weight is 373 g/mol. The first-order valence-electron chi connectivity index (χ1n) is 9.85. The highest BCUT2D eigenvalue weighted by atomic mass is 16.5. The third-order valence-corrected chi connectivity index (χ3v) is 5.77. The van der Waals surface area contributed by atoms with Crippen molar-refractivity contribution in [1.29, 1.82) is 0 Å². The predicted molar refractivity (Wildman–Crippen MR) is 98.2 cm³/mol. The van der Waals surface area contributed by atoms with Crippen LogP contribution in [0.15, 0.2) is 18.3 Å². The second-order valence-electron chi connectivity index (χ2n) is 7.78. The summed E-state index contributed by atoms with van der Waals surface area (Å²) >= 11 is 0. The van der Waals surface area contributed by atoms with E-state index in [1.54, 1.807) is 6.20 Å². The maximum Gasteiger partial charge on any atom is 0.228 e. The van der Waals surface area contributed by atoms with E-state index in [1.807, 2.05) is 28.9 Å². The summed E-state index contributed by atoms with van der Waals surface area (Å²) in [5.41, 5.74) is 1.09. The summed E-state index contributed by atoms with van der Waals surface area (Å²) in [6.07, 6.45) is 4.62. The number of carbonyl (C=O) groups excluding carboxylic acids is 2. The predicted octanol–water partition coefficient (Wildman–Crippen LogP) is 1.40. The van der Waals surface area contributed by atoms with Gasteiger partial charge in [-0.1, -0.05) is 6.07 Å². The van der Waals surface area contributed by atoms with E-state index in [1.165, 1.54) is 0 Å². The third-order valence-electron chi connectivity index (χ3n) is 5.77. The van der Waals surface area contributed by atoms with E-state index in [2.05, 4.69) is 4.98 Å². The van der Waals surface area contributed by atoms with Crippen LogP contribution in [0.1, 0.15) is 31.2 Å². The van der Waals surface area contributed by atoms with Gasteiger partial charge >= 0.3 is 0 Å². The number of rotatable bonds is 4. The monoisotopic (exact) mass is 373 g/mol. The first kappa shape index (κ1) is 18.2. The zero-order chi connectivity index (χ0) is 18.8. The van der Waals surface area contributed by atoms with Gasteiger partial charge in [-0.25, -0.2) is 4.98 Å². The molecule has 0 radical (unpaired) electrons. The van der Waals surface area contributed by atoms with Crippen LogP contribution in [0.5, 0.6) is 5.88 Å². The second-order valence-corrected chi connectivity index (χ2v) is 7.78. The molecule has 7 nitrogen and oxygen atoms in total. The van der Waals surface area contributed by atoms with Crippen molar-refractivity contribution >= 4 is 11.8 Å². The van der Waals surface area contributed by atoms with Crippen LogP contribution in [-0.4, -0.2) is 71.6 Å².